The molecular weight excluding hydrogens is 240 g/mol. The highest BCUT2D eigenvalue weighted by molar-refractivity contribution is 5.84. The summed E-state index contributed by atoms with van der Waals surface area (Å²) in [5.74, 6) is 0.584. The summed E-state index contributed by atoms with van der Waals surface area (Å²) in [7, 11) is 1.76. The van der Waals surface area contributed by atoms with E-state index in [2.05, 4.69) is 5.32 Å². The predicted octanol–water partition coefficient (Wildman–Crippen LogP) is 2.01. The Morgan fingerprint density at radius 1 is 1.42 bits per heavy atom. The number of likely N-dealkylation sites (N-methyl/N-ethyl adjacent to an activating group) is 1. The number of hydrogen-bond acceptors (Lipinski definition) is 3. The maximum atomic E-state index is 11.3. The highest BCUT2D eigenvalue weighted by atomic mass is 16.5. The number of hydrogen-bond donors (Lipinski definition) is 2. The second-order valence-electron chi connectivity index (χ2n) is 5.07. The SMILES string of the molecule is CNC(C)(CCCCOc1cccc(C)c1)C(N)=O. The highest BCUT2D eigenvalue weighted by Gasteiger charge is 2.27. The van der Waals surface area contributed by atoms with Gasteiger partial charge in [-0.15, -0.1) is 0 Å². The van der Waals surface area contributed by atoms with Crippen LogP contribution in [-0.2, 0) is 4.79 Å². The molecule has 0 aliphatic heterocycles. The second kappa shape index (κ2) is 7.14. The van der Waals surface area contributed by atoms with Crippen molar-refractivity contribution in [3.8, 4) is 5.75 Å². The Kier molecular flexibility index (Phi) is 5.83. The van der Waals surface area contributed by atoms with E-state index in [-0.39, 0.29) is 5.91 Å². The summed E-state index contributed by atoms with van der Waals surface area (Å²) in [6.45, 7) is 4.52. The van der Waals surface area contributed by atoms with E-state index in [4.69, 9.17) is 10.5 Å². The Morgan fingerprint density at radius 3 is 2.74 bits per heavy atom. The number of ether oxygens (including phenoxy) is 1. The lowest BCUT2D eigenvalue weighted by Crippen LogP contribution is -2.51. The van der Waals surface area contributed by atoms with Gasteiger partial charge in [0.25, 0.3) is 0 Å². The van der Waals surface area contributed by atoms with Gasteiger partial charge in [0.1, 0.15) is 5.75 Å². The van der Waals surface area contributed by atoms with Crippen LogP contribution in [0.5, 0.6) is 5.75 Å². The fourth-order valence-corrected chi connectivity index (χ4v) is 1.85. The number of rotatable bonds is 8. The van der Waals surface area contributed by atoms with Crippen LogP contribution in [0, 0.1) is 6.92 Å². The number of carbonyl (C=O) groups excluding carboxylic acids is 1. The van der Waals surface area contributed by atoms with Gasteiger partial charge in [-0.05, 0) is 57.9 Å². The molecule has 19 heavy (non-hydrogen) atoms. The van der Waals surface area contributed by atoms with Crippen LogP contribution >= 0.6 is 0 Å². The summed E-state index contributed by atoms with van der Waals surface area (Å²) in [5.41, 5.74) is 5.94. The van der Waals surface area contributed by atoms with Crippen molar-refractivity contribution in [1.29, 1.82) is 0 Å². The fraction of sp³-hybridized carbons (Fsp3) is 0.533. The molecule has 0 spiro atoms. The molecule has 0 aliphatic carbocycles. The Hall–Kier alpha value is -1.55. The first-order chi connectivity index (χ1) is 8.98. The topological polar surface area (TPSA) is 64.3 Å². The highest BCUT2D eigenvalue weighted by Crippen LogP contribution is 2.15. The van der Waals surface area contributed by atoms with Crippen LogP contribution in [-0.4, -0.2) is 25.1 Å². The molecule has 1 aromatic rings. The van der Waals surface area contributed by atoms with E-state index in [1.807, 2.05) is 38.1 Å². The molecule has 0 aromatic heterocycles. The number of unbranched alkanes of at least 4 members (excludes halogenated alkanes) is 1. The van der Waals surface area contributed by atoms with Crippen molar-refractivity contribution >= 4 is 5.91 Å². The van der Waals surface area contributed by atoms with Crippen LogP contribution in [0.3, 0.4) is 0 Å². The third-order valence-electron chi connectivity index (χ3n) is 3.42. The largest absolute Gasteiger partial charge is 0.494 e. The molecule has 4 nitrogen and oxygen atoms in total. The van der Waals surface area contributed by atoms with E-state index in [9.17, 15) is 4.79 Å². The molecule has 0 radical (unpaired) electrons. The third kappa shape index (κ3) is 4.91. The fourth-order valence-electron chi connectivity index (χ4n) is 1.85. The van der Waals surface area contributed by atoms with Gasteiger partial charge >= 0.3 is 0 Å². The summed E-state index contributed by atoms with van der Waals surface area (Å²) in [4.78, 5) is 11.3. The molecule has 4 heteroatoms. The first-order valence-corrected chi connectivity index (χ1v) is 6.66. The van der Waals surface area contributed by atoms with Gasteiger partial charge in [-0.1, -0.05) is 12.1 Å². The van der Waals surface area contributed by atoms with E-state index in [1.54, 1.807) is 7.05 Å². The summed E-state index contributed by atoms with van der Waals surface area (Å²) in [6.07, 6.45) is 2.51. The van der Waals surface area contributed by atoms with E-state index >= 15 is 0 Å². The number of nitrogens with one attached hydrogen (secondary N) is 1. The average Bonchev–Trinajstić information content (AvgIpc) is 2.38. The first-order valence-electron chi connectivity index (χ1n) is 6.66. The number of carbonyl (C=O) groups is 1. The molecule has 0 aliphatic rings. The van der Waals surface area contributed by atoms with Crippen molar-refractivity contribution < 1.29 is 9.53 Å². The summed E-state index contributed by atoms with van der Waals surface area (Å²) < 4.78 is 5.66. The Labute approximate surface area is 115 Å². The minimum atomic E-state index is -0.622. The molecule has 1 unspecified atom stereocenters. The number of benzene rings is 1. The van der Waals surface area contributed by atoms with Crippen molar-refractivity contribution in [2.75, 3.05) is 13.7 Å². The number of primary amides is 1. The van der Waals surface area contributed by atoms with Gasteiger partial charge in [-0.2, -0.15) is 0 Å². The molecule has 0 heterocycles. The molecule has 0 saturated heterocycles. The maximum Gasteiger partial charge on any atom is 0.237 e. The van der Waals surface area contributed by atoms with Crippen LogP contribution in [0.4, 0.5) is 0 Å². The zero-order chi connectivity index (χ0) is 14.3. The second-order valence-corrected chi connectivity index (χ2v) is 5.07. The van der Waals surface area contributed by atoms with Gasteiger partial charge in [0, 0.05) is 0 Å². The lowest BCUT2D eigenvalue weighted by molar-refractivity contribution is -0.123. The summed E-state index contributed by atoms with van der Waals surface area (Å²) >= 11 is 0. The molecule has 1 amide bonds. The van der Waals surface area contributed by atoms with Crippen molar-refractivity contribution in [2.24, 2.45) is 5.73 Å². The Balaban J connectivity index is 2.26. The zero-order valence-electron chi connectivity index (χ0n) is 12.0. The molecule has 1 rings (SSSR count). The Morgan fingerprint density at radius 2 is 2.16 bits per heavy atom. The molecule has 0 bridgehead atoms. The molecule has 0 saturated carbocycles. The van der Waals surface area contributed by atoms with Crippen molar-refractivity contribution in [3.63, 3.8) is 0 Å². The normalized spacial score (nSPS) is 13.8. The lowest BCUT2D eigenvalue weighted by atomic mass is 9.94. The lowest BCUT2D eigenvalue weighted by Gasteiger charge is -2.25. The smallest absolute Gasteiger partial charge is 0.237 e. The number of nitrogens with two attached hydrogens (primary N) is 1. The van der Waals surface area contributed by atoms with Crippen molar-refractivity contribution in [2.45, 2.75) is 38.6 Å². The van der Waals surface area contributed by atoms with Gasteiger partial charge < -0.3 is 15.8 Å². The van der Waals surface area contributed by atoms with Crippen LogP contribution in [0.2, 0.25) is 0 Å². The zero-order valence-corrected chi connectivity index (χ0v) is 12.0. The average molecular weight is 264 g/mol. The van der Waals surface area contributed by atoms with E-state index in [0.29, 0.717) is 6.61 Å². The van der Waals surface area contributed by atoms with Crippen LogP contribution in [0.25, 0.3) is 0 Å². The van der Waals surface area contributed by atoms with Crippen LogP contribution in [0.15, 0.2) is 24.3 Å². The minimum absolute atomic E-state index is 0.311. The van der Waals surface area contributed by atoms with E-state index < -0.39 is 5.54 Å². The maximum absolute atomic E-state index is 11.3. The third-order valence-corrected chi connectivity index (χ3v) is 3.42. The first kappa shape index (κ1) is 15.5. The van der Waals surface area contributed by atoms with Gasteiger partial charge in [0.2, 0.25) is 5.91 Å². The predicted molar refractivity (Wildman–Crippen MR) is 77.2 cm³/mol. The van der Waals surface area contributed by atoms with Gasteiger partial charge in [-0.3, -0.25) is 4.79 Å². The van der Waals surface area contributed by atoms with Gasteiger partial charge in [0.15, 0.2) is 0 Å². The molecule has 3 N–H and O–H groups in total. The standard InChI is InChI=1S/C15H24N2O2/c1-12-7-6-8-13(11-12)19-10-5-4-9-15(2,17-3)14(16)18/h6-8,11,17H,4-5,9-10H2,1-3H3,(H2,16,18). The van der Waals surface area contributed by atoms with Crippen LogP contribution in [0.1, 0.15) is 31.7 Å². The summed E-state index contributed by atoms with van der Waals surface area (Å²) in [5, 5.41) is 2.98. The number of aryl methyl sites for hydroxylation is 1. The molecule has 0 fully saturated rings. The van der Waals surface area contributed by atoms with Crippen LogP contribution < -0.4 is 15.8 Å². The number of amides is 1. The van der Waals surface area contributed by atoms with Gasteiger partial charge in [0.05, 0.1) is 12.1 Å². The molecular formula is C15H24N2O2. The molecule has 106 valence electrons. The Bertz CT molecular complexity index is 420. The van der Waals surface area contributed by atoms with Gasteiger partial charge in [-0.25, -0.2) is 0 Å². The summed E-state index contributed by atoms with van der Waals surface area (Å²) in [6, 6.07) is 7.99. The quantitative estimate of drug-likeness (QED) is 0.706. The van der Waals surface area contributed by atoms with E-state index in [1.165, 1.54) is 5.56 Å². The molecule has 1 atom stereocenters. The minimum Gasteiger partial charge on any atom is -0.494 e. The molecule has 1 aromatic carbocycles. The van der Waals surface area contributed by atoms with E-state index in [0.717, 1.165) is 25.0 Å². The monoisotopic (exact) mass is 264 g/mol. The van der Waals surface area contributed by atoms with Crippen molar-refractivity contribution in [1.82, 2.24) is 5.32 Å². The van der Waals surface area contributed by atoms with Crippen molar-refractivity contribution in [3.05, 3.63) is 29.8 Å².